The Labute approximate surface area is 204 Å². The molecule has 32 heavy (non-hydrogen) atoms. The second-order valence-electron chi connectivity index (χ2n) is 7.96. The van der Waals surface area contributed by atoms with Crippen molar-refractivity contribution in [2.75, 3.05) is 10.8 Å². The fourth-order valence-corrected chi connectivity index (χ4v) is 5.25. The molecule has 0 aliphatic carbocycles. The molecule has 3 aromatic carbocycles. The minimum atomic E-state index is -3.92. The lowest BCUT2D eigenvalue weighted by Gasteiger charge is -2.26. The van der Waals surface area contributed by atoms with Gasteiger partial charge in [-0.05, 0) is 76.9 Å². The summed E-state index contributed by atoms with van der Waals surface area (Å²) in [5, 5.41) is 3.05. The lowest BCUT2D eigenvalue weighted by molar-refractivity contribution is -0.120. The van der Waals surface area contributed by atoms with E-state index in [4.69, 9.17) is 0 Å². The third kappa shape index (κ3) is 6.32. The first-order chi connectivity index (χ1) is 15.3. The molecule has 0 aromatic heterocycles. The molecular weight excluding hydrogens is 535 g/mol. The molecule has 0 aliphatic rings. The molecule has 5 nitrogen and oxygen atoms in total. The average molecular weight is 562 g/mol. The van der Waals surface area contributed by atoms with E-state index in [2.05, 4.69) is 41.8 Å². The standard InChI is InChI=1S/C25H27IN2O3S/c1-19(2)17-24(20-9-5-3-6-10-20)27-25(29)18-28(22-15-13-21(26)14-16-22)32(30,31)23-11-7-4-8-12-23/h3-16,19,24H,17-18H2,1-2H3,(H,27,29)/t24-/m1/s1. The van der Waals surface area contributed by atoms with Crippen LogP contribution in [0.25, 0.3) is 0 Å². The average Bonchev–Trinajstić information content (AvgIpc) is 2.78. The summed E-state index contributed by atoms with van der Waals surface area (Å²) in [6.45, 7) is 3.89. The summed E-state index contributed by atoms with van der Waals surface area (Å²) in [7, 11) is -3.92. The van der Waals surface area contributed by atoms with Gasteiger partial charge in [-0.2, -0.15) is 0 Å². The van der Waals surface area contributed by atoms with Crippen LogP contribution >= 0.6 is 22.6 Å². The van der Waals surface area contributed by atoms with E-state index >= 15 is 0 Å². The number of sulfonamides is 1. The summed E-state index contributed by atoms with van der Waals surface area (Å²) in [5.41, 5.74) is 1.45. The van der Waals surface area contributed by atoms with Crippen molar-refractivity contribution in [3.63, 3.8) is 0 Å². The van der Waals surface area contributed by atoms with Gasteiger partial charge < -0.3 is 5.32 Å². The van der Waals surface area contributed by atoms with Gasteiger partial charge in [0, 0.05) is 3.57 Å². The summed E-state index contributed by atoms with van der Waals surface area (Å²) in [4.78, 5) is 13.3. The van der Waals surface area contributed by atoms with Gasteiger partial charge >= 0.3 is 0 Å². The largest absolute Gasteiger partial charge is 0.348 e. The van der Waals surface area contributed by atoms with Gasteiger partial charge in [0.25, 0.3) is 10.0 Å². The maximum absolute atomic E-state index is 13.4. The van der Waals surface area contributed by atoms with E-state index in [-0.39, 0.29) is 23.4 Å². The summed E-state index contributed by atoms with van der Waals surface area (Å²) in [5.74, 6) is 0.0124. The molecule has 168 valence electrons. The van der Waals surface area contributed by atoms with Gasteiger partial charge in [0.1, 0.15) is 6.54 Å². The molecule has 0 radical (unpaired) electrons. The molecule has 7 heteroatoms. The zero-order chi connectivity index (χ0) is 23.1. The fraction of sp³-hybridized carbons (Fsp3) is 0.240. The summed E-state index contributed by atoms with van der Waals surface area (Å²) in [6.07, 6.45) is 0.755. The Morgan fingerprint density at radius 3 is 2.03 bits per heavy atom. The zero-order valence-corrected chi connectivity index (χ0v) is 21.1. The predicted molar refractivity (Wildman–Crippen MR) is 137 cm³/mol. The number of carbonyl (C=O) groups excluding carboxylic acids is 1. The topological polar surface area (TPSA) is 66.5 Å². The molecule has 0 saturated heterocycles. The number of nitrogens with one attached hydrogen (secondary N) is 1. The van der Waals surface area contributed by atoms with Gasteiger partial charge in [0.15, 0.2) is 0 Å². The Morgan fingerprint density at radius 1 is 0.906 bits per heavy atom. The van der Waals surface area contributed by atoms with Gasteiger partial charge in [0.05, 0.1) is 16.6 Å². The number of amides is 1. The summed E-state index contributed by atoms with van der Waals surface area (Å²) in [6, 6.07) is 24.9. The Balaban J connectivity index is 1.90. The quantitative estimate of drug-likeness (QED) is 0.356. The summed E-state index contributed by atoms with van der Waals surface area (Å²) < 4.78 is 29.0. The second-order valence-corrected chi connectivity index (χ2v) is 11.1. The lowest BCUT2D eigenvalue weighted by atomic mass is 9.97. The number of hydrogen-bond donors (Lipinski definition) is 1. The van der Waals surface area contributed by atoms with Crippen molar-refractivity contribution in [1.29, 1.82) is 0 Å². The first kappa shape index (κ1) is 24.3. The van der Waals surface area contributed by atoms with E-state index in [9.17, 15) is 13.2 Å². The van der Waals surface area contributed by atoms with Gasteiger partial charge in [-0.3, -0.25) is 9.10 Å². The molecule has 0 spiro atoms. The normalized spacial score (nSPS) is 12.4. The van der Waals surface area contributed by atoms with Crippen LogP contribution in [-0.2, 0) is 14.8 Å². The van der Waals surface area contributed by atoms with Gasteiger partial charge in [-0.1, -0.05) is 62.4 Å². The van der Waals surface area contributed by atoms with Crippen LogP contribution in [0.15, 0.2) is 89.8 Å². The Kier molecular flexibility index (Phi) is 8.31. The van der Waals surface area contributed by atoms with Gasteiger partial charge in [-0.15, -0.1) is 0 Å². The maximum atomic E-state index is 13.4. The van der Waals surface area contributed by atoms with Crippen molar-refractivity contribution >= 4 is 44.2 Å². The van der Waals surface area contributed by atoms with E-state index in [1.165, 1.54) is 4.31 Å². The van der Waals surface area contributed by atoms with Crippen LogP contribution in [0.1, 0.15) is 31.9 Å². The fourth-order valence-electron chi connectivity index (χ4n) is 3.45. The molecule has 1 N–H and O–H groups in total. The highest BCUT2D eigenvalue weighted by molar-refractivity contribution is 14.1. The van der Waals surface area contributed by atoms with Crippen LogP contribution < -0.4 is 9.62 Å². The van der Waals surface area contributed by atoms with E-state index in [1.807, 2.05) is 42.5 Å². The number of hydrogen-bond acceptors (Lipinski definition) is 3. The maximum Gasteiger partial charge on any atom is 0.264 e. The summed E-state index contributed by atoms with van der Waals surface area (Å²) >= 11 is 2.16. The minimum absolute atomic E-state index is 0.146. The zero-order valence-electron chi connectivity index (χ0n) is 18.1. The monoisotopic (exact) mass is 562 g/mol. The van der Waals surface area contributed by atoms with Crippen molar-refractivity contribution in [1.82, 2.24) is 5.32 Å². The molecular formula is C25H27IN2O3S. The lowest BCUT2D eigenvalue weighted by Crippen LogP contribution is -2.42. The minimum Gasteiger partial charge on any atom is -0.348 e. The molecule has 0 bridgehead atoms. The Morgan fingerprint density at radius 2 is 1.47 bits per heavy atom. The van der Waals surface area contributed by atoms with Crippen LogP contribution in [-0.4, -0.2) is 20.9 Å². The SMILES string of the molecule is CC(C)C[C@@H](NC(=O)CN(c1ccc(I)cc1)S(=O)(=O)c1ccccc1)c1ccccc1. The second kappa shape index (κ2) is 11.0. The van der Waals surface area contributed by atoms with Crippen molar-refractivity contribution < 1.29 is 13.2 Å². The molecule has 0 aliphatic heterocycles. The van der Waals surface area contributed by atoms with Crippen LogP contribution in [0, 0.1) is 9.49 Å². The molecule has 3 aromatic rings. The van der Waals surface area contributed by atoms with Crippen molar-refractivity contribution in [3.05, 3.63) is 94.1 Å². The third-order valence-corrected chi connectivity index (χ3v) is 7.48. The van der Waals surface area contributed by atoms with Crippen molar-refractivity contribution in [2.45, 2.75) is 31.2 Å². The molecule has 3 rings (SSSR count). The molecule has 1 amide bonds. The number of halogens is 1. The van der Waals surface area contributed by atoms with Crippen molar-refractivity contribution in [3.8, 4) is 0 Å². The van der Waals surface area contributed by atoms with Crippen LogP contribution in [0.3, 0.4) is 0 Å². The van der Waals surface area contributed by atoms with Crippen molar-refractivity contribution in [2.24, 2.45) is 5.92 Å². The highest BCUT2D eigenvalue weighted by Gasteiger charge is 2.28. The van der Waals surface area contributed by atoms with E-state index in [0.717, 1.165) is 15.6 Å². The predicted octanol–water partition coefficient (Wildman–Crippen LogP) is 5.39. The van der Waals surface area contributed by atoms with E-state index in [1.54, 1.807) is 42.5 Å². The number of carbonyl (C=O) groups is 1. The Hall–Kier alpha value is -2.39. The number of benzene rings is 3. The van der Waals surface area contributed by atoms with Crippen LogP contribution in [0.2, 0.25) is 0 Å². The van der Waals surface area contributed by atoms with Crippen LogP contribution in [0.5, 0.6) is 0 Å². The van der Waals surface area contributed by atoms with Gasteiger partial charge in [0.2, 0.25) is 5.91 Å². The number of anilines is 1. The molecule has 1 atom stereocenters. The highest BCUT2D eigenvalue weighted by atomic mass is 127. The third-order valence-electron chi connectivity index (χ3n) is 4.98. The van der Waals surface area contributed by atoms with E-state index < -0.39 is 10.0 Å². The van der Waals surface area contributed by atoms with Gasteiger partial charge in [-0.25, -0.2) is 8.42 Å². The molecule has 0 saturated carbocycles. The van der Waals surface area contributed by atoms with Crippen LogP contribution in [0.4, 0.5) is 5.69 Å². The van der Waals surface area contributed by atoms with E-state index in [0.29, 0.717) is 11.6 Å². The molecule has 0 unspecified atom stereocenters. The number of nitrogens with zero attached hydrogens (tertiary/aromatic N) is 1. The smallest absolute Gasteiger partial charge is 0.264 e. The first-order valence-electron chi connectivity index (χ1n) is 10.4. The molecule has 0 heterocycles. The Bertz CT molecular complexity index is 1120. The first-order valence-corrected chi connectivity index (χ1v) is 13.0. The number of rotatable bonds is 9. The molecule has 0 fully saturated rings. The highest BCUT2D eigenvalue weighted by Crippen LogP contribution is 2.25.